The molecular weight excluding hydrogens is 459 g/mol. The lowest BCUT2D eigenvalue weighted by Gasteiger charge is -2.14. The van der Waals surface area contributed by atoms with Crippen LogP contribution in [-0.4, -0.2) is 44.2 Å². The summed E-state index contributed by atoms with van der Waals surface area (Å²) in [5.74, 6) is -0.860. The first-order chi connectivity index (χ1) is 14.5. The minimum atomic E-state index is -4.72. The van der Waals surface area contributed by atoms with Crippen molar-refractivity contribution in [3.63, 3.8) is 0 Å². The van der Waals surface area contributed by atoms with Gasteiger partial charge >= 0.3 is 11.9 Å². The fourth-order valence-corrected chi connectivity index (χ4v) is 3.90. The first-order valence-electron chi connectivity index (χ1n) is 8.63. The van der Waals surface area contributed by atoms with Crippen molar-refractivity contribution < 1.29 is 18.0 Å². The summed E-state index contributed by atoms with van der Waals surface area (Å²) in [5, 5.41) is 6.84. The number of fused-ring (bicyclic) bond motifs is 3. The molecule has 9 nitrogen and oxygen atoms in total. The molecule has 1 amide bonds. The van der Waals surface area contributed by atoms with Crippen molar-refractivity contribution in [3.05, 3.63) is 45.6 Å². The lowest BCUT2D eigenvalue weighted by Crippen LogP contribution is -2.28. The summed E-state index contributed by atoms with van der Waals surface area (Å²) in [7, 11) is 3.60. The van der Waals surface area contributed by atoms with Crippen LogP contribution in [0.1, 0.15) is 5.56 Å². The van der Waals surface area contributed by atoms with Crippen molar-refractivity contribution in [2.45, 2.75) is 12.7 Å². The molecule has 4 rings (SSSR count). The van der Waals surface area contributed by atoms with Gasteiger partial charge in [0.05, 0.1) is 11.3 Å². The van der Waals surface area contributed by atoms with Crippen LogP contribution in [0.4, 0.5) is 24.0 Å². The Labute approximate surface area is 180 Å². The standard InChI is InChI=1S/C17H13ClF3N7O2S/c1-26(2)15-24-13-12(31-15)14-25-28(16(30)27(14)7-22-13)6-11(29)23-10-4-3-8(18)5-9(10)17(19,20)21/h3-5,7H,6H2,1-2H3,(H,23,29). The van der Waals surface area contributed by atoms with Crippen LogP contribution in [0.3, 0.4) is 0 Å². The molecule has 0 fully saturated rings. The first-order valence-corrected chi connectivity index (χ1v) is 9.82. The Morgan fingerprint density at radius 3 is 2.74 bits per heavy atom. The van der Waals surface area contributed by atoms with Crippen molar-refractivity contribution >= 4 is 55.7 Å². The zero-order chi connectivity index (χ0) is 22.5. The molecule has 31 heavy (non-hydrogen) atoms. The molecule has 162 valence electrons. The average Bonchev–Trinajstić information content (AvgIpc) is 3.24. The Morgan fingerprint density at radius 2 is 2.06 bits per heavy atom. The van der Waals surface area contributed by atoms with E-state index in [0.29, 0.717) is 21.5 Å². The van der Waals surface area contributed by atoms with Gasteiger partial charge in [0.25, 0.3) is 0 Å². The molecule has 0 aliphatic heterocycles. The van der Waals surface area contributed by atoms with Crippen LogP contribution < -0.4 is 15.9 Å². The molecule has 0 aliphatic carbocycles. The van der Waals surface area contributed by atoms with Gasteiger partial charge in [-0.25, -0.2) is 18.9 Å². The maximum Gasteiger partial charge on any atom is 0.418 e. The number of halogens is 4. The Balaban J connectivity index is 1.66. The molecule has 0 unspecified atom stereocenters. The second-order valence-corrected chi connectivity index (χ2v) is 8.07. The number of rotatable bonds is 4. The van der Waals surface area contributed by atoms with Crippen LogP contribution in [0.5, 0.6) is 0 Å². The number of alkyl halides is 3. The third-order valence-electron chi connectivity index (χ3n) is 4.20. The van der Waals surface area contributed by atoms with E-state index >= 15 is 0 Å². The van der Waals surface area contributed by atoms with Crippen LogP contribution in [-0.2, 0) is 17.5 Å². The Morgan fingerprint density at radius 1 is 1.32 bits per heavy atom. The van der Waals surface area contributed by atoms with Gasteiger partial charge in [-0.1, -0.05) is 22.9 Å². The van der Waals surface area contributed by atoms with E-state index in [1.807, 2.05) is 0 Å². The minimum Gasteiger partial charge on any atom is -0.354 e. The number of thiazole rings is 1. The largest absolute Gasteiger partial charge is 0.418 e. The smallest absolute Gasteiger partial charge is 0.354 e. The number of carbonyl (C=O) groups is 1. The molecule has 14 heteroatoms. The summed E-state index contributed by atoms with van der Waals surface area (Å²) in [6.07, 6.45) is -3.48. The van der Waals surface area contributed by atoms with Gasteiger partial charge in [0.1, 0.15) is 17.6 Å². The van der Waals surface area contributed by atoms with E-state index in [-0.39, 0.29) is 10.7 Å². The summed E-state index contributed by atoms with van der Waals surface area (Å²) in [5.41, 5.74) is -1.59. The summed E-state index contributed by atoms with van der Waals surface area (Å²) in [6, 6.07) is 2.98. The number of benzene rings is 1. The molecule has 3 heterocycles. The Hall–Kier alpha value is -3.19. The zero-order valence-electron chi connectivity index (χ0n) is 15.9. The maximum absolute atomic E-state index is 13.2. The number of hydrogen-bond donors (Lipinski definition) is 1. The molecule has 0 atom stereocenters. The summed E-state index contributed by atoms with van der Waals surface area (Å²) >= 11 is 6.90. The van der Waals surface area contributed by atoms with Gasteiger partial charge in [-0.15, -0.1) is 5.10 Å². The third-order valence-corrected chi connectivity index (χ3v) is 5.65. The van der Waals surface area contributed by atoms with Crippen molar-refractivity contribution in [2.24, 2.45) is 0 Å². The third kappa shape index (κ3) is 3.93. The van der Waals surface area contributed by atoms with E-state index in [1.165, 1.54) is 23.7 Å². The highest BCUT2D eigenvalue weighted by Crippen LogP contribution is 2.36. The van der Waals surface area contributed by atoms with Gasteiger partial charge in [0, 0.05) is 19.1 Å². The highest BCUT2D eigenvalue weighted by Gasteiger charge is 2.34. The van der Waals surface area contributed by atoms with Crippen LogP contribution >= 0.6 is 22.9 Å². The van der Waals surface area contributed by atoms with Crippen LogP contribution in [0.2, 0.25) is 5.02 Å². The highest BCUT2D eigenvalue weighted by molar-refractivity contribution is 7.22. The second kappa shape index (κ2) is 7.50. The second-order valence-electron chi connectivity index (χ2n) is 6.66. The van der Waals surface area contributed by atoms with Crippen LogP contribution in [0.15, 0.2) is 29.3 Å². The number of aromatic nitrogens is 5. The van der Waals surface area contributed by atoms with E-state index in [2.05, 4.69) is 20.4 Å². The van der Waals surface area contributed by atoms with Crippen molar-refractivity contribution in [3.8, 4) is 0 Å². The number of amides is 1. The van der Waals surface area contributed by atoms with Gasteiger partial charge in [-0.05, 0) is 18.2 Å². The predicted octanol–water partition coefficient (Wildman–Crippen LogP) is 2.88. The van der Waals surface area contributed by atoms with Crippen LogP contribution in [0, 0.1) is 0 Å². The quantitative estimate of drug-likeness (QED) is 0.491. The SMILES string of the molecule is CN(C)c1nc2ncn3c(=O)n(CC(=O)Nc4ccc(Cl)cc4C(F)(F)F)nc3c2s1. The van der Waals surface area contributed by atoms with Crippen LogP contribution in [0.25, 0.3) is 16.0 Å². The van der Waals surface area contributed by atoms with Gasteiger partial charge in [-0.3, -0.25) is 4.79 Å². The number of nitrogens with zero attached hydrogens (tertiary/aromatic N) is 6. The normalized spacial score (nSPS) is 11.9. The van der Waals surface area contributed by atoms with Gasteiger partial charge in [-0.2, -0.15) is 18.2 Å². The van der Waals surface area contributed by atoms with E-state index in [0.717, 1.165) is 15.1 Å². The molecule has 0 radical (unpaired) electrons. The Bertz CT molecular complexity index is 1380. The fraction of sp³-hybridized carbons (Fsp3) is 0.235. The maximum atomic E-state index is 13.2. The molecule has 0 aliphatic rings. The van der Waals surface area contributed by atoms with Gasteiger partial charge in [0.2, 0.25) is 5.91 Å². The molecule has 1 N–H and O–H groups in total. The summed E-state index contributed by atoms with van der Waals surface area (Å²) in [4.78, 5) is 35.2. The Kier molecular flexibility index (Phi) is 5.09. The molecule has 0 saturated carbocycles. The molecule has 0 saturated heterocycles. The van der Waals surface area contributed by atoms with E-state index < -0.39 is 35.6 Å². The predicted molar refractivity (Wildman–Crippen MR) is 110 cm³/mol. The number of carbonyl (C=O) groups excluding carboxylic acids is 1. The van der Waals surface area contributed by atoms with Gasteiger partial charge in [0.15, 0.2) is 16.4 Å². The number of nitrogens with one attached hydrogen (secondary N) is 1. The molecule has 0 spiro atoms. The monoisotopic (exact) mass is 471 g/mol. The van der Waals surface area contributed by atoms with E-state index in [1.54, 1.807) is 19.0 Å². The number of hydrogen-bond acceptors (Lipinski definition) is 7. The molecule has 1 aromatic carbocycles. The van der Waals surface area contributed by atoms with Crippen molar-refractivity contribution in [1.29, 1.82) is 0 Å². The minimum absolute atomic E-state index is 0.125. The number of anilines is 2. The molecular formula is C17H13ClF3N7O2S. The average molecular weight is 472 g/mol. The topological polar surface area (TPSA) is 97.4 Å². The van der Waals surface area contributed by atoms with E-state index in [4.69, 9.17) is 11.6 Å². The fourth-order valence-electron chi connectivity index (χ4n) is 2.81. The zero-order valence-corrected chi connectivity index (χ0v) is 17.5. The first kappa shape index (κ1) is 21.1. The van der Waals surface area contributed by atoms with E-state index in [9.17, 15) is 22.8 Å². The molecule has 0 bridgehead atoms. The lowest BCUT2D eigenvalue weighted by molar-refractivity contribution is -0.137. The lowest BCUT2D eigenvalue weighted by atomic mass is 10.1. The molecule has 3 aromatic heterocycles. The van der Waals surface area contributed by atoms with Crippen molar-refractivity contribution in [2.75, 3.05) is 24.3 Å². The highest BCUT2D eigenvalue weighted by atomic mass is 35.5. The summed E-state index contributed by atoms with van der Waals surface area (Å²) in [6.45, 7) is -0.596. The molecule has 4 aromatic rings. The van der Waals surface area contributed by atoms with Crippen molar-refractivity contribution in [1.82, 2.24) is 24.1 Å². The summed E-state index contributed by atoms with van der Waals surface area (Å²) < 4.78 is 42.2. The van der Waals surface area contributed by atoms with Gasteiger partial charge < -0.3 is 10.2 Å².